The number of nitrogen functional groups attached to an aromatic ring is 1. The summed E-state index contributed by atoms with van der Waals surface area (Å²) in [5.41, 5.74) is 7.58. The summed E-state index contributed by atoms with van der Waals surface area (Å²) in [6.07, 6.45) is 4.73. The van der Waals surface area contributed by atoms with Gasteiger partial charge in [0, 0.05) is 38.4 Å². The summed E-state index contributed by atoms with van der Waals surface area (Å²) >= 11 is 0. The van der Waals surface area contributed by atoms with Crippen molar-refractivity contribution in [3.8, 4) is 0 Å². The number of hydrogen-bond donors (Lipinski definition) is 2. The zero-order valence-corrected chi connectivity index (χ0v) is 16.0. The second-order valence-corrected chi connectivity index (χ2v) is 7.04. The lowest BCUT2D eigenvalue weighted by atomic mass is 9.97. The van der Waals surface area contributed by atoms with E-state index in [9.17, 15) is 9.59 Å². The molecule has 1 aromatic carbocycles. The van der Waals surface area contributed by atoms with E-state index in [4.69, 9.17) is 5.73 Å². The molecule has 26 heavy (non-hydrogen) atoms. The Morgan fingerprint density at radius 1 is 1.04 bits per heavy atom. The Morgan fingerprint density at radius 2 is 1.69 bits per heavy atom. The molecule has 0 aromatic heterocycles. The van der Waals surface area contributed by atoms with Crippen molar-refractivity contribution in [1.82, 2.24) is 15.1 Å². The lowest BCUT2D eigenvalue weighted by Gasteiger charge is -2.34. The van der Waals surface area contributed by atoms with Crippen LogP contribution in [0.1, 0.15) is 31.2 Å². The van der Waals surface area contributed by atoms with Crippen LogP contribution in [-0.2, 0) is 11.2 Å². The van der Waals surface area contributed by atoms with Gasteiger partial charge in [0.15, 0.2) is 0 Å². The van der Waals surface area contributed by atoms with Crippen molar-refractivity contribution in [2.24, 2.45) is 5.92 Å². The molecule has 3 rings (SSSR count). The fourth-order valence-electron chi connectivity index (χ4n) is 3.63. The number of likely N-dealkylation sites (tertiary alicyclic amines) is 2. The lowest BCUT2D eigenvalue weighted by Crippen LogP contribution is -2.49. The molecule has 1 atom stereocenters. The number of amides is 3. The molecule has 2 saturated heterocycles. The van der Waals surface area contributed by atoms with E-state index in [1.165, 1.54) is 0 Å². The van der Waals surface area contributed by atoms with Gasteiger partial charge in [0.05, 0.1) is 5.92 Å². The van der Waals surface area contributed by atoms with Gasteiger partial charge >= 0.3 is 6.03 Å². The van der Waals surface area contributed by atoms with Crippen LogP contribution in [0.4, 0.5) is 10.5 Å². The Morgan fingerprint density at radius 3 is 2.38 bits per heavy atom. The Bertz CT molecular complexity index is 602. The van der Waals surface area contributed by atoms with Crippen LogP contribution in [0.2, 0.25) is 0 Å². The molecule has 2 aliphatic heterocycles. The van der Waals surface area contributed by atoms with Crippen LogP contribution in [0.25, 0.3) is 0 Å². The molecule has 1 aromatic rings. The highest BCUT2D eigenvalue weighted by Gasteiger charge is 2.31. The number of halogens is 1. The summed E-state index contributed by atoms with van der Waals surface area (Å²) in [6, 6.07) is 7.83. The molecule has 0 aliphatic carbocycles. The third-order valence-electron chi connectivity index (χ3n) is 5.13. The van der Waals surface area contributed by atoms with Gasteiger partial charge in [-0.15, -0.1) is 12.4 Å². The Kier molecular flexibility index (Phi) is 7.57. The smallest absolute Gasteiger partial charge is 0.320 e. The van der Waals surface area contributed by atoms with E-state index in [1.54, 1.807) is 0 Å². The molecule has 144 valence electrons. The highest BCUT2D eigenvalue weighted by Crippen LogP contribution is 2.20. The number of nitrogens with zero attached hydrogens (tertiary/aromatic N) is 2. The fourth-order valence-corrected chi connectivity index (χ4v) is 3.63. The standard InChI is InChI=1S/C19H28N4O2.ClH/c20-17-7-5-15(6-8-17)9-10-21-18(24)16-4-3-13-23(14-16)19(25)22-11-1-2-12-22;/h5-8,16H,1-4,9-14,20H2,(H,21,24);1H. The van der Waals surface area contributed by atoms with Crippen molar-refractivity contribution in [2.75, 3.05) is 38.5 Å². The summed E-state index contributed by atoms with van der Waals surface area (Å²) in [5.74, 6) is -0.0268. The van der Waals surface area contributed by atoms with Crippen LogP contribution in [0, 0.1) is 5.92 Å². The molecule has 3 amide bonds. The maximum atomic E-state index is 12.5. The summed E-state index contributed by atoms with van der Waals surface area (Å²) in [5, 5.41) is 3.02. The quantitative estimate of drug-likeness (QED) is 0.786. The van der Waals surface area contributed by atoms with Gasteiger partial charge in [0.25, 0.3) is 0 Å². The first-order chi connectivity index (χ1) is 12.1. The minimum atomic E-state index is -0.0910. The van der Waals surface area contributed by atoms with Crippen LogP contribution in [-0.4, -0.2) is 54.5 Å². The second-order valence-electron chi connectivity index (χ2n) is 7.04. The zero-order valence-electron chi connectivity index (χ0n) is 15.2. The van der Waals surface area contributed by atoms with Crippen molar-refractivity contribution in [3.63, 3.8) is 0 Å². The molecule has 0 saturated carbocycles. The van der Waals surface area contributed by atoms with E-state index < -0.39 is 0 Å². The Labute approximate surface area is 161 Å². The van der Waals surface area contributed by atoms with Crippen LogP contribution >= 0.6 is 12.4 Å². The van der Waals surface area contributed by atoms with E-state index in [0.717, 1.165) is 63.0 Å². The summed E-state index contributed by atoms with van der Waals surface area (Å²) in [6.45, 7) is 3.63. The topological polar surface area (TPSA) is 78.7 Å². The largest absolute Gasteiger partial charge is 0.399 e. The predicted octanol–water partition coefficient (Wildman–Crippen LogP) is 2.28. The highest BCUT2D eigenvalue weighted by atomic mass is 35.5. The van der Waals surface area contributed by atoms with Crippen molar-refractivity contribution in [1.29, 1.82) is 0 Å². The Balaban J connectivity index is 0.00000243. The van der Waals surface area contributed by atoms with Gasteiger partial charge in [0.1, 0.15) is 0 Å². The summed E-state index contributed by atoms with van der Waals surface area (Å²) < 4.78 is 0. The summed E-state index contributed by atoms with van der Waals surface area (Å²) in [7, 11) is 0. The third kappa shape index (κ3) is 5.27. The molecule has 3 N–H and O–H groups in total. The number of carbonyl (C=O) groups is 2. The first-order valence-corrected chi connectivity index (χ1v) is 9.29. The van der Waals surface area contributed by atoms with Crippen LogP contribution < -0.4 is 11.1 Å². The number of piperidine rings is 1. The van der Waals surface area contributed by atoms with E-state index >= 15 is 0 Å². The maximum Gasteiger partial charge on any atom is 0.320 e. The molecule has 1 unspecified atom stereocenters. The van der Waals surface area contributed by atoms with Crippen molar-refractivity contribution < 1.29 is 9.59 Å². The van der Waals surface area contributed by atoms with E-state index in [1.807, 2.05) is 34.1 Å². The van der Waals surface area contributed by atoms with Crippen LogP contribution in [0.3, 0.4) is 0 Å². The van der Waals surface area contributed by atoms with Gasteiger partial charge in [-0.1, -0.05) is 12.1 Å². The lowest BCUT2D eigenvalue weighted by molar-refractivity contribution is -0.126. The maximum absolute atomic E-state index is 12.5. The average Bonchev–Trinajstić information content (AvgIpc) is 3.17. The molecular weight excluding hydrogens is 352 g/mol. The molecule has 2 fully saturated rings. The van der Waals surface area contributed by atoms with Crippen LogP contribution in [0.5, 0.6) is 0 Å². The van der Waals surface area contributed by atoms with E-state index in [-0.39, 0.29) is 30.3 Å². The van der Waals surface area contributed by atoms with Gasteiger partial charge in [-0.05, 0) is 49.8 Å². The molecule has 0 bridgehead atoms. The first kappa shape index (κ1) is 20.4. The zero-order chi connectivity index (χ0) is 17.6. The van der Waals surface area contributed by atoms with Gasteiger partial charge in [-0.3, -0.25) is 4.79 Å². The fraction of sp³-hybridized carbons (Fsp3) is 0.579. The third-order valence-corrected chi connectivity index (χ3v) is 5.13. The minimum Gasteiger partial charge on any atom is -0.399 e. The van der Waals surface area contributed by atoms with Crippen LogP contribution in [0.15, 0.2) is 24.3 Å². The van der Waals surface area contributed by atoms with Gasteiger partial charge < -0.3 is 20.9 Å². The van der Waals surface area contributed by atoms with Crippen molar-refractivity contribution in [3.05, 3.63) is 29.8 Å². The van der Waals surface area contributed by atoms with Crippen molar-refractivity contribution in [2.45, 2.75) is 32.1 Å². The Hall–Kier alpha value is -1.95. The first-order valence-electron chi connectivity index (χ1n) is 9.29. The number of rotatable bonds is 4. The number of nitrogens with two attached hydrogens (primary N) is 1. The highest BCUT2D eigenvalue weighted by molar-refractivity contribution is 5.85. The molecule has 0 spiro atoms. The minimum absolute atomic E-state index is 0. The molecule has 7 heteroatoms. The average molecular weight is 381 g/mol. The molecular formula is C19H29ClN4O2. The monoisotopic (exact) mass is 380 g/mol. The van der Waals surface area contributed by atoms with Gasteiger partial charge in [0.2, 0.25) is 5.91 Å². The predicted molar refractivity (Wildman–Crippen MR) is 105 cm³/mol. The SMILES string of the molecule is Cl.Nc1ccc(CCNC(=O)C2CCCN(C(=O)N3CCCC3)C2)cc1. The number of nitrogens with one attached hydrogen (secondary N) is 1. The van der Waals surface area contributed by atoms with Crippen molar-refractivity contribution >= 4 is 30.0 Å². The molecule has 6 nitrogen and oxygen atoms in total. The summed E-state index contributed by atoms with van der Waals surface area (Å²) in [4.78, 5) is 28.7. The number of urea groups is 1. The van der Waals surface area contributed by atoms with E-state index in [0.29, 0.717) is 13.1 Å². The second kappa shape index (κ2) is 9.67. The molecule has 2 aliphatic rings. The van der Waals surface area contributed by atoms with Gasteiger partial charge in [-0.2, -0.15) is 0 Å². The molecule has 2 heterocycles. The number of carbonyl (C=O) groups excluding carboxylic acids is 2. The van der Waals surface area contributed by atoms with Gasteiger partial charge in [-0.25, -0.2) is 4.79 Å². The number of benzene rings is 1. The normalized spacial score (nSPS) is 19.8. The number of anilines is 1. The van der Waals surface area contributed by atoms with E-state index in [2.05, 4.69) is 5.32 Å². The molecule has 0 radical (unpaired) electrons. The number of hydrogen-bond acceptors (Lipinski definition) is 3.